The molecule has 3 heterocycles. The van der Waals surface area contributed by atoms with Gasteiger partial charge in [-0.05, 0) is 62.4 Å². The summed E-state index contributed by atoms with van der Waals surface area (Å²) in [6.45, 7) is 6.72. The maximum absolute atomic E-state index is 3.69. The summed E-state index contributed by atoms with van der Waals surface area (Å²) < 4.78 is 2.42. The van der Waals surface area contributed by atoms with Crippen molar-refractivity contribution in [3.05, 3.63) is 72.1 Å². The number of aromatic amines is 1. The van der Waals surface area contributed by atoms with Crippen LogP contribution < -0.4 is 0 Å². The summed E-state index contributed by atoms with van der Waals surface area (Å²) in [6.07, 6.45) is 6.21. The molecule has 144 valence electrons. The lowest BCUT2D eigenvalue weighted by molar-refractivity contribution is 0.138. The fourth-order valence-electron chi connectivity index (χ4n) is 4.86. The highest BCUT2D eigenvalue weighted by molar-refractivity contribution is 5.84. The Morgan fingerprint density at radius 2 is 1.86 bits per heavy atom. The molecule has 1 aliphatic rings. The molecule has 5 rings (SSSR count). The third-order valence-corrected chi connectivity index (χ3v) is 6.28. The zero-order valence-corrected chi connectivity index (χ0v) is 16.9. The van der Waals surface area contributed by atoms with Gasteiger partial charge >= 0.3 is 0 Å². The summed E-state index contributed by atoms with van der Waals surface area (Å²) in [6, 6.07) is 20.8. The van der Waals surface area contributed by atoms with Gasteiger partial charge in [0.05, 0.1) is 6.04 Å². The third-order valence-electron chi connectivity index (χ3n) is 6.28. The van der Waals surface area contributed by atoms with Crippen LogP contribution in [-0.2, 0) is 6.54 Å². The van der Waals surface area contributed by atoms with E-state index < -0.39 is 0 Å². The topological polar surface area (TPSA) is 24.0 Å². The van der Waals surface area contributed by atoms with Crippen molar-refractivity contribution in [3.8, 4) is 0 Å². The van der Waals surface area contributed by atoms with E-state index in [0.29, 0.717) is 12.1 Å². The highest BCUT2D eigenvalue weighted by Crippen LogP contribution is 2.35. The van der Waals surface area contributed by atoms with Gasteiger partial charge in [0.25, 0.3) is 0 Å². The van der Waals surface area contributed by atoms with Gasteiger partial charge in [0, 0.05) is 40.9 Å². The van der Waals surface area contributed by atoms with E-state index in [1.54, 1.807) is 0 Å². The fraction of sp³-hybridized carbons (Fsp3) is 0.360. The molecule has 3 nitrogen and oxygen atoms in total. The normalized spacial score (nSPS) is 18.5. The van der Waals surface area contributed by atoms with Crippen LogP contribution in [0.3, 0.4) is 0 Å². The van der Waals surface area contributed by atoms with E-state index in [0.717, 1.165) is 6.54 Å². The molecular formula is C25H29N3. The first-order valence-corrected chi connectivity index (χ1v) is 10.6. The Balaban J connectivity index is 1.50. The Morgan fingerprint density at radius 1 is 1.04 bits per heavy atom. The summed E-state index contributed by atoms with van der Waals surface area (Å²) in [5.41, 5.74) is 5.42. The Kier molecular flexibility index (Phi) is 4.48. The average Bonchev–Trinajstić information content (AvgIpc) is 3.30. The standard InChI is InChI=1S/C25H29N3/c1-18(2)28-17-20(21-10-4-6-12-24(21)28)16-27-14-8-7-13-25(27)23-15-19-9-3-5-11-22(19)26-23/h3-6,9-12,15,17-18,25-26H,7-8,13-14,16H2,1-2H3. The van der Waals surface area contributed by atoms with E-state index in [9.17, 15) is 0 Å². The molecule has 1 aliphatic heterocycles. The van der Waals surface area contributed by atoms with E-state index in [-0.39, 0.29) is 0 Å². The van der Waals surface area contributed by atoms with Crippen LogP contribution in [0.15, 0.2) is 60.8 Å². The van der Waals surface area contributed by atoms with Crippen LogP contribution in [0.1, 0.15) is 56.5 Å². The van der Waals surface area contributed by atoms with Gasteiger partial charge in [-0.1, -0.05) is 42.8 Å². The minimum absolute atomic E-state index is 0.474. The molecule has 0 bridgehead atoms. The van der Waals surface area contributed by atoms with Gasteiger partial charge in [0.1, 0.15) is 0 Å². The van der Waals surface area contributed by atoms with Crippen LogP contribution >= 0.6 is 0 Å². The molecule has 0 saturated carbocycles. The number of hydrogen-bond donors (Lipinski definition) is 1. The second kappa shape index (κ2) is 7.14. The SMILES string of the molecule is CC(C)n1cc(CN2CCCCC2c2cc3ccccc3[nH]2)c2ccccc21. The van der Waals surface area contributed by atoms with Crippen LogP contribution in [0.5, 0.6) is 0 Å². The van der Waals surface area contributed by atoms with Gasteiger partial charge in [-0.2, -0.15) is 0 Å². The lowest BCUT2D eigenvalue weighted by Crippen LogP contribution is -2.33. The molecule has 1 atom stereocenters. The van der Waals surface area contributed by atoms with E-state index in [1.165, 1.54) is 58.9 Å². The Morgan fingerprint density at radius 3 is 2.71 bits per heavy atom. The van der Waals surface area contributed by atoms with E-state index in [4.69, 9.17) is 0 Å². The number of H-pyrrole nitrogens is 1. The second-order valence-electron chi connectivity index (χ2n) is 8.47. The zero-order chi connectivity index (χ0) is 19.1. The second-order valence-corrected chi connectivity index (χ2v) is 8.47. The number of benzene rings is 2. The molecule has 1 N–H and O–H groups in total. The number of para-hydroxylation sites is 2. The van der Waals surface area contributed by atoms with E-state index >= 15 is 0 Å². The Hall–Kier alpha value is -2.52. The van der Waals surface area contributed by atoms with Crippen molar-refractivity contribution in [2.75, 3.05) is 6.54 Å². The van der Waals surface area contributed by atoms with Crippen LogP contribution in [0.2, 0.25) is 0 Å². The third kappa shape index (κ3) is 3.04. The maximum Gasteiger partial charge on any atom is 0.0502 e. The number of rotatable bonds is 4. The predicted molar refractivity (Wildman–Crippen MR) is 118 cm³/mol. The summed E-state index contributed by atoms with van der Waals surface area (Å²) >= 11 is 0. The van der Waals surface area contributed by atoms with Crippen molar-refractivity contribution in [1.82, 2.24) is 14.5 Å². The van der Waals surface area contributed by atoms with Crippen LogP contribution in [0.25, 0.3) is 21.8 Å². The Bertz CT molecular complexity index is 1070. The number of aromatic nitrogens is 2. The molecule has 0 radical (unpaired) electrons. The van der Waals surface area contributed by atoms with Crippen molar-refractivity contribution < 1.29 is 0 Å². The highest BCUT2D eigenvalue weighted by atomic mass is 15.2. The smallest absolute Gasteiger partial charge is 0.0502 e. The van der Waals surface area contributed by atoms with Crippen molar-refractivity contribution in [3.63, 3.8) is 0 Å². The molecule has 4 aromatic rings. The quantitative estimate of drug-likeness (QED) is 0.439. The van der Waals surface area contributed by atoms with Crippen molar-refractivity contribution in [2.45, 2.75) is 51.7 Å². The van der Waals surface area contributed by atoms with Crippen molar-refractivity contribution in [1.29, 1.82) is 0 Å². The maximum atomic E-state index is 3.69. The number of nitrogens with zero attached hydrogens (tertiary/aromatic N) is 2. The van der Waals surface area contributed by atoms with Crippen LogP contribution in [0.4, 0.5) is 0 Å². The van der Waals surface area contributed by atoms with Gasteiger partial charge in [0.2, 0.25) is 0 Å². The molecule has 2 aromatic carbocycles. The largest absolute Gasteiger partial charge is 0.357 e. The molecule has 28 heavy (non-hydrogen) atoms. The number of piperidine rings is 1. The van der Waals surface area contributed by atoms with E-state index in [2.05, 4.69) is 89.1 Å². The number of nitrogens with one attached hydrogen (secondary N) is 1. The molecule has 1 unspecified atom stereocenters. The van der Waals surface area contributed by atoms with Gasteiger partial charge < -0.3 is 9.55 Å². The molecule has 0 spiro atoms. The first kappa shape index (κ1) is 17.6. The van der Waals surface area contributed by atoms with Gasteiger partial charge in [-0.25, -0.2) is 0 Å². The highest BCUT2D eigenvalue weighted by Gasteiger charge is 2.26. The van der Waals surface area contributed by atoms with Crippen molar-refractivity contribution in [2.24, 2.45) is 0 Å². The van der Waals surface area contributed by atoms with Crippen molar-refractivity contribution >= 4 is 21.8 Å². The Labute approximate surface area is 167 Å². The molecule has 0 aliphatic carbocycles. The van der Waals surface area contributed by atoms with Gasteiger partial charge in [-0.15, -0.1) is 0 Å². The van der Waals surface area contributed by atoms with Gasteiger partial charge in [-0.3, -0.25) is 4.90 Å². The summed E-state index contributed by atoms with van der Waals surface area (Å²) in [7, 11) is 0. The van der Waals surface area contributed by atoms with E-state index in [1.807, 2.05) is 0 Å². The average molecular weight is 372 g/mol. The predicted octanol–water partition coefficient (Wildman–Crippen LogP) is 6.43. The minimum Gasteiger partial charge on any atom is -0.357 e. The number of fused-ring (bicyclic) bond motifs is 2. The minimum atomic E-state index is 0.474. The summed E-state index contributed by atoms with van der Waals surface area (Å²) in [4.78, 5) is 6.38. The van der Waals surface area contributed by atoms with Crippen LogP contribution in [-0.4, -0.2) is 21.0 Å². The lowest BCUT2D eigenvalue weighted by Gasteiger charge is -2.35. The van der Waals surface area contributed by atoms with Gasteiger partial charge in [0.15, 0.2) is 0 Å². The van der Waals surface area contributed by atoms with Crippen LogP contribution in [0, 0.1) is 0 Å². The monoisotopic (exact) mass is 371 g/mol. The summed E-state index contributed by atoms with van der Waals surface area (Å²) in [5, 5.41) is 2.72. The molecule has 3 heteroatoms. The number of hydrogen-bond acceptors (Lipinski definition) is 1. The molecule has 1 fully saturated rings. The first-order chi connectivity index (χ1) is 13.7. The fourth-order valence-corrected chi connectivity index (χ4v) is 4.86. The number of likely N-dealkylation sites (tertiary alicyclic amines) is 1. The molecule has 2 aromatic heterocycles. The lowest BCUT2D eigenvalue weighted by atomic mass is 9.98. The molecular weight excluding hydrogens is 342 g/mol. The molecule has 0 amide bonds. The zero-order valence-electron chi connectivity index (χ0n) is 16.9. The first-order valence-electron chi connectivity index (χ1n) is 10.6. The summed E-state index contributed by atoms with van der Waals surface area (Å²) in [5.74, 6) is 0. The molecule has 1 saturated heterocycles.